The molecule has 0 aromatic rings. The minimum absolute atomic E-state index is 0.344. The van der Waals surface area contributed by atoms with Crippen molar-refractivity contribution in [3.63, 3.8) is 0 Å². The summed E-state index contributed by atoms with van der Waals surface area (Å²) < 4.78 is 0. The van der Waals surface area contributed by atoms with Gasteiger partial charge in [0.05, 0.1) is 0 Å². The molecule has 0 amide bonds. The van der Waals surface area contributed by atoms with E-state index >= 15 is 0 Å². The third-order valence-electron chi connectivity index (χ3n) is 9.56. The highest BCUT2D eigenvalue weighted by atomic mass is 35.7. The molecule has 0 aliphatic rings. The van der Waals surface area contributed by atoms with Crippen molar-refractivity contribution in [2.45, 2.75) is 244 Å². The van der Waals surface area contributed by atoms with Gasteiger partial charge in [-0.15, -0.1) is 0 Å². The van der Waals surface area contributed by atoms with E-state index in [-0.39, 0.29) is 0 Å². The fraction of sp³-hybridized carbons (Fsp3) is 0.974. The number of hydrogen-bond donors (Lipinski definition) is 1. The van der Waals surface area contributed by atoms with Crippen LogP contribution in [0.25, 0.3) is 0 Å². The maximum Gasteiger partial charge on any atom is 0.303 e. The van der Waals surface area contributed by atoms with Gasteiger partial charge in [0.25, 0.3) is 0 Å². The molecule has 0 fully saturated rings. The van der Waals surface area contributed by atoms with Crippen LogP contribution in [0.5, 0.6) is 0 Å². The van der Waals surface area contributed by atoms with E-state index in [0.29, 0.717) is 6.42 Å². The van der Waals surface area contributed by atoms with E-state index in [2.05, 4.69) is 0 Å². The van der Waals surface area contributed by atoms with Crippen molar-refractivity contribution in [3.05, 3.63) is 0 Å². The van der Waals surface area contributed by atoms with Gasteiger partial charge in [0, 0.05) is 6.42 Å². The summed E-state index contributed by atoms with van der Waals surface area (Å²) in [4.78, 5) is 10.5. The lowest BCUT2D eigenvalue weighted by atomic mass is 10.0. The Bertz CT molecular complexity index is 546. The summed E-state index contributed by atoms with van der Waals surface area (Å²) in [6.07, 6.45) is 50.6. The number of halogens is 2. The van der Waals surface area contributed by atoms with Crippen LogP contribution in [0.4, 0.5) is 0 Å². The molecular formula is C39H78Cl2O2Si. The van der Waals surface area contributed by atoms with Gasteiger partial charge in [0.2, 0.25) is 7.42 Å². The molecule has 0 unspecified atom stereocenters. The lowest BCUT2D eigenvalue weighted by molar-refractivity contribution is -0.137. The van der Waals surface area contributed by atoms with Crippen LogP contribution in [-0.2, 0) is 4.79 Å². The van der Waals surface area contributed by atoms with Crippen molar-refractivity contribution in [2.75, 3.05) is 0 Å². The van der Waals surface area contributed by atoms with Crippen LogP contribution in [0.15, 0.2) is 0 Å². The summed E-state index contributed by atoms with van der Waals surface area (Å²) in [6, 6.07) is 1.09. The molecule has 0 saturated carbocycles. The summed E-state index contributed by atoms with van der Waals surface area (Å²) in [5, 5.41) is 8.64. The molecule has 1 N–H and O–H groups in total. The van der Waals surface area contributed by atoms with Crippen molar-refractivity contribution >= 4 is 35.5 Å². The number of unbranched alkanes of at least 4 members (excludes halogenated alkanes) is 35. The molecular weight excluding hydrogens is 599 g/mol. The first-order valence-electron chi connectivity index (χ1n) is 20.1. The maximum absolute atomic E-state index is 10.5. The third-order valence-corrected chi connectivity index (χ3v) is 11.7. The summed E-state index contributed by atoms with van der Waals surface area (Å²) in [6.45, 7) is 0. The fourth-order valence-electron chi connectivity index (χ4n) is 6.59. The van der Waals surface area contributed by atoms with Crippen molar-refractivity contribution in [1.29, 1.82) is 0 Å². The molecule has 0 atom stereocenters. The van der Waals surface area contributed by atoms with Crippen LogP contribution >= 0.6 is 22.2 Å². The maximum atomic E-state index is 10.5. The Morgan fingerprint density at radius 3 is 0.636 bits per heavy atom. The third kappa shape index (κ3) is 42.3. The number of carboxylic acids is 1. The normalized spacial score (nSPS) is 11.6. The second-order valence-electron chi connectivity index (χ2n) is 14.1. The zero-order valence-electron chi connectivity index (χ0n) is 29.6. The van der Waals surface area contributed by atoms with Gasteiger partial charge in [-0.05, 0) is 12.5 Å². The molecule has 0 bridgehead atoms. The van der Waals surface area contributed by atoms with E-state index in [0.717, 1.165) is 18.9 Å². The van der Waals surface area contributed by atoms with E-state index in [1.165, 1.54) is 218 Å². The van der Waals surface area contributed by atoms with Gasteiger partial charge >= 0.3 is 5.97 Å². The van der Waals surface area contributed by atoms with Gasteiger partial charge in [-0.3, -0.25) is 4.79 Å². The Morgan fingerprint density at radius 1 is 0.318 bits per heavy atom. The summed E-state index contributed by atoms with van der Waals surface area (Å²) >= 11 is 11.8. The molecule has 5 heteroatoms. The SMILES string of the molecule is O=C(O)CCCCCCCCCCCCCCCCCCCCCCCCCCCCCCCCCCCCCC[SiH](Cl)Cl. The second-order valence-corrected chi connectivity index (χ2v) is 19.2. The zero-order valence-corrected chi connectivity index (χ0v) is 32.2. The second kappa shape index (κ2) is 39.4. The predicted octanol–water partition coefficient (Wildman–Crippen LogP) is 15.2. The Morgan fingerprint density at radius 2 is 0.477 bits per heavy atom. The quantitative estimate of drug-likeness (QED) is 0.0399. The van der Waals surface area contributed by atoms with E-state index < -0.39 is 13.4 Å². The molecule has 0 spiro atoms. The van der Waals surface area contributed by atoms with E-state index in [9.17, 15) is 4.79 Å². The molecule has 0 rings (SSSR count). The van der Waals surface area contributed by atoms with Gasteiger partial charge in [-0.2, -0.15) is 22.2 Å². The molecule has 0 heterocycles. The smallest absolute Gasteiger partial charge is 0.303 e. The summed E-state index contributed by atoms with van der Waals surface area (Å²) in [5.74, 6) is -0.649. The fourth-order valence-corrected chi connectivity index (χ4v) is 8.11. The van der Waals surface area contributed by atoms with E-state index in [4.69, 9.17) is 27.3 Å². The van der Waals surface area contributed by atoms with Crippen LogP contribution in [0, 0.1) is 0 Å². The molecule has 44 heavy (non-hydrogen) atoms. The average Bonchev–Trinajstić information content (AvgIpc) is 3.00. The number of aliphatic carboxylic acids is 1. The first-order valence-corrected chi connectivity index (χ1v) is 24.4. The van der Waals surface area contributed by atoms with Gasteiger partial charge < -0.3 is 5.11 Å². The Labute approximate surface area is 288 Å². The van der Waals surface area contributed by atoms with Crippen molar-refractivity contribution in [1.82, 2.24) is 0 Å². The monoisotopic (exact) mass is 677 g/mol. The topological polar surface area (TPSA) is 37.3 Å². The van der Waals surface area contributed by atoms with Crippen LogP contribution in [0.1, 0.15) is 238 Å². The molecule has 0 aliphatic carbocycles. The largest absolute Gasteiger partial charge is 0.481 e. The highest BCUT2D eigenvalue weighted by molar-refractivity contribution is 7.33. The lowest BCUT2D eigenvalue weighted by Crippen LogP contribution is -1.93. The molecule has 0 aromatic carbocycles. The molecule has 0 radical (unpaired) electrons. The number of rotatable bonds is 39. The van der Waals surface area contributed by atoms with Crippen molar-refractivity contribution in [3.8, 4) is 0 Å². The first kappa shape index (κ1) is 44.3. The number of hydrogen-bond acceptors (Lipinski definition) is 1. The van der Waals surface area contributed by atoms with Crippen LogP contribution in [0.2, 0.25) is 6.04 Å². The van der Waals surface area contributed by atoms with Crippen LogP contribution in [-0.4, -0.2) is 18.5 Å². The first-order chi connectivity index (χ1) is 21.6. The zero-order chi connectivity index (χ0) is 32.0. The van der Waals surface area contributed by atoms with E-state index in [1.807, 2.05) is 0 Å². The summed E-state index contributed by atoms with van der Waals surface area (Å²) in [5.41, 5.74) is 0. The summed E-state index contributed by atoms with van der Waals surface area (Å²) in [7, 11) is -1.34. The lowest BCUT2D eigenvalue weighted by Gasteiger charge is -2.05. The minimum atomic E-state index is -1.34. The Hall–Kier alpha value is 0.267. The van der Waals surface area contributed by atoms with Crippen molar-refractivity contribution in [2.24, 2.45) is 0 Å². The van der Waals surface area contributed by atoms with Gasteiger partial charge in [0.15, 0.2) is 0 Å². The van der Waals surface area contributed by atoms with Gasteiger partial charge in [-0.1, -0.05) is 225 Å². The molecule has 0 saturated heterocycles. The minimum Gasteiger partial charge on any atom is -0.481 e. The van der Waals surface area contributed by atoms with Gasteiger partial charge in [-0.25, -0.2) is 0 Å². The Kier molecular flexibility index (Phi) is 39.7. The Balaban J connectivity index is 3.04. The standard InChI is InChI=1S/C39H78Cl2O2Si/c40-44(41)38-36-34-32-30-28-26-24-22-20-18-16-14-12-10-8-6-4-2-1-3-5-7-9-11-13-15-17-19-21-23-25-27-29-31-33-35-37-39(42)43/h44H,1-38H2,(H,42,43). The van der Waals surface area contributed by atoms with Crippen molar-refractivity contribution < 1.29 is 9.90 Å². The molecule has 0 aromatic heterocycles. The number of carboxylic acid groups (broad SMARTS) is 1. The highest BCUT2D eigenvalue weighted by Gasteiger charge is 2.01. The van der Waals surface area contributed by atoms with E-state index in [1.54, 1.807) is 0 Å². The van der Waals surface area contributed by atoms with Gasteiger partial charge in [0.1, 0.15) is 0 Å². The van der Waals surface area contributed by atoms with Crippen LogP contribution in [0.3, 0.4) is 0 Å². The molecule has 264 valence electrons. The van der Waals surface area contributed by atoms with Crippen LogP contribution < -0.4 is 0 Å². The predicted molar refractivity (Wildman–Crippen MR) is 202 cm³/mol. The highest BCUT2D eigenvalue weighted by Crippen LogP contribution is 2.18. The average molecular weight is 678 g/mol. The molecule has 2 nitrogen and oxygen atoms in total. The number of carbonyl (C=O) groups is 1. The molecule has 0 aliphatic heterocycles.